The van der Waals surface area contributed by atoms with E-state index in [0.717, 1.165) is 0 Å². The van der Waals surface area contributed by atoms with Crippen LogP contribution in [0.25, 0.3) is 0 Å². The average Bonchev–Trinajstić information content (AvgIpc) is 2.32. The topological polar surface area (TPSA) is 67.9 Å². The van der Waals surface area contributed by atoms with E-state index in [1.807, 2.05) is 0 Å². The van der Waals surface area contributed by atoms with E-state index in [0.29, 0.717) is 13.2 Å². The summed E-state index contributed by atoms with van der Waals surface area (Å²) in [5.74, 6) is -3.09. The number of rotatable bonds is 5. The summed E-state index contributed by atoms with van der Waals surface area (Å²) >= 11 is 0. The van der Waals surface area contributed by atoms with Crippen LogP contribution in [0.4, 0.5) is 13.2 Å². The Morgan fingerprint density at radius 2 is 2.21 bits per heavy atom. The van der Waals surface area contributed by atoms with Crippen molar-refractivity contribution < 1.29 is 32.2 Å². The van der Waals surface area contributed by atoms with Gasteiger partial charge < -0.3 is 14.4 Å². The molecule has 6 nitrogen and oxygen atoms in total. The smallest absolute Gasteiger partial charge is 0.430 e. The molecule has 0 aromatic rings. The molecule has 0 aromatic heterocycles. The highest BCUT2D eigenvalue weighted by Crippen LogP contribution is 2.18. The summed E-state index contributed by atoms with van der Waals surface area (Å²) in [5, 5.41) is 2.42. The molecule has 1 saturated heterocycles. The Labute approximate surface area is 107 Å². The maximum Gasteiger partial charge on any atom is 0.490 e. The van der Waals surface area contributed by atoms with Gasteiger partial charge in [0.1, 0.15) is 0 Å². The summed E-state index contributed by atoms with van der Waals surface area (Å²) in [6, 6.07) is 0. The fourth-order valence-electron chi connectivity index (χ4n) is 1.50. The van der Waals surface area contributed by atoms with Crippen LogP contribution >= 0.6 is 0 Å². The predicted molar refractivity (Wildman–Crippen MR) is 57.0 cm³/mol. The van der Waals surface area contributed by atoms with Gasteiger partial charge in [0.2, 0.25) is 6.23 Å². The van der Waals surface area contributed by atoms with Gasteiger partial charge in [0, 0.05) is 26.2 Å². The van der Waals surface area contributed by atoms with Gasteiger partial charge in [-0.05, 0) is 6.92 Å². The lowest BCUT2D eigenvalue weighted by Gasteiger charge is -2.32. The lowest BCUT2D eigenvalue weighted by molar-refractivity contribution is -0.209. The van der Waals surface area contributed by atoms with Crippen molar-refractivity contribution >= 4 is 11.9 Å². The molecule has 0 aliphatic carbocycles. The number of amides is 1. The molecule has 1 aliphatic heterocycles. The summed E-state index contributed by atoms with van der Waals surface area (Å²) in [7, 11) is 0. The van der Waals surface area contributed by atoms with Crippen molar-refractivity contribution in [3.8, 4) is 0 Å². The zero-order chi connectivity index (χ0) is 14.5. The molecule has 9 heteroatoms. The lowest BCUT2D eigenvalue weighted by atomic mass is 10.3. The third-order valence-electron chi connectivity index (χ3n) is 2.41. The summed E-state index contributed by atoms with van der Waals surface area (Å²) in [6.07, 6.45) is -6.71. The van der Waals surface area contributed by atoms with Crippen molar-refractivity contribution in [2.24, 2.45) is 0 Å². The molecular formula is C10H15F3N2O4. The Hall–Kier alpha value is -1.35. The fourth-order valence-corrected chi connectivity index (χ4v) is 1.50. The first-order valence-electron chi connectivity index (χ1n) is 5.74. The molecule has 0 saturated carbocycles. The molecule has 0 aromatic carbocycles. The van der Waals surface area contributed by atoms with Crippen LogP contribution < -0.4 is 5.32 Å². The molecule has 0 spiro atoms. The molecule has 1 N–H and O–H groups in total. The number of halogens is 3. The number of piperazine rings is 1. The van der Waals surface area contributed by atoms with Crippen molar-refractivity contribution in [1.82, 2.24) is 10.2 Å². The second-order valence-corrected chi connectivity index (χ2v) is 3.76. The summed E-state index contributed by atoms with van der Waals surface area (Å²) in [4.78, 5) is 23.7. The highest BCUT2D eigenvalue weighted by atomic mass is 19.4. The molecule has 110 valence electrons. The lowest BCUT2D eigenvalue weighted by Crippen LogP contribution is -2.57. The Balaban J connectivity index is 2.51. The first-order valence-corrected chi connectivity index (χ1v) is 5.74. The molecule has 0 radical (unpaired) electrons. The number of carbonyl (C=O) groups excluding carboxylic acids is 2. The Kier molecular flexibility index (Phi) is 5.55. The molecule has 0 bridgehead atoms. The van der Waals surface area contributed by atoms with Gasteiger partial charge in [-0.2, -0.15) is 13.2 Å². The van der Waals surface area contributed by atoms with E-state index < -0.39 is 24.3 Å². The predicted octanol–water partition coefficient (Wildman–Crippen LogP) is -0.114. The van der Waals surface area contributed by atoms with Gasteiger partial charge in [-0.15, -0.1) is 0 Å². The second-order valence-electron chi connectivity index (χ2n) is 3.76. The number of alkyl halides is 3. The number of nitrogens with one attached hydrogen (secondary N) is 1. The van der Waals surface area contributed by atoms with Gasteiger partial charge in [0.25, 0.3) is 5.91 Å². The largest absolute Gasteiger partial charge is 0.490 e. The highest BCUT2D eigenvalue weighted by Gasteiger charge is 2.44. The van der Waals surface area contributed by atoms with E-state index in [1.54, 1.807) is 6.92 Å². The number of carbonyl (C=O) groups is 2. The Morgan fingerprint density at radius 3 is 2.79 bits per heavy atom. The third kappa shape index (κ3) is 4.67. The van der Waals surface area contributed by atoms with Crippen LogP contribution in [0.3, 0.4) is 0 Å². The summed E-state index contributed by atoms with van der Waals surface area (Å²) < 4.78 is 45.2. The van der Waals surface area contributed by atoms with Gasteiger partial charge >= 0.3 is 12.1 Å². The first kappa shape index (κ1) is 15.7. The number of ether oxygens (including phenoxy) is 2. The molecule has 19 heavy (non-hydrogen) atoms. The van der Waals surface area contributed by atoms with Crippen molar-refractivity contribution in [3.63, 3.8) is 0 Å². The standard InChI is InChI=1S/C10H15F3N2O4/c1-2-18-6-5-15-4-3-14-7(8(15)16)19-9(17)10(11,12)13/h7,14H,2-6H2,1H3. The molecular weight excluding hydrogens is 269 g/mol. The van der Waals surface area contributed by atoms with Crippen molar-refractivity contribution in [2.75, 3.05) is 32.8 Å². The van der Waals surface area contributed by atoms with Gasteiger partial charge in [-0.1, -0.05) is 0 Å². The maximum absolute atomic E-state index is 12.0. The molecule has 1 aliphatic rings. The number of nitrogens with zero attached hydrogens (tertiary/aromatic N) is 1. The van der Waals surface area contributed by atoms with Gasteiger partial charge in [-0.3, -0.25) is 10.1 Å². The van der Waals surface area contributed by atoms with Crippen LogP contribution in [0.15, 0.2) is 0 Å². The quantitative estimate of drug-likeness (QED) is 0.563. The van der Waals surface area contributed by atoms with Gasteiger partial charge in [0.15, 0.2) is 0 Å². The molecule has 1 atom stereocenters. The highest BCUT2D eigenvalue weighted by molar-refractivity contribution is 5.85. The Bertz CT molecular complexity index is 335. The average molecular weight is 284 g/mol. The third-order valence-corrected chi connectivity index (χ3v) is 2.41. The minimum absolute atomic E-state index is 0.244. The molecule has 1 unspecified atom stereocenters. The van der Waals surface area contributed by atoms with E-state index >= 15 is 0 Å². The van der Waals surface area contributed by atoms with Crippen LogP contribution in [-0.2, 0) is 19.1 Å². The first-order chi connectivity index (χ1) is 8.86. The van der Waals surface area contributed by atoms with Crippen LogP contribution in [0, 0.1) is 0 Å². The number of hydrogen-bond donors (Lipinski definition) is 1. The normalized spacial score (nSPS) is 20.5. The van der Waals surface area contributed by atoms with E-state index in [1.165, 1.54) is 4.90 Å². The second kappa shape index (κ2) is 6.71. The Morgan fingerprint density at radius 1 is 1.53 bits per heavy atom. The minimum Gasteiger partial charge on any atom is -0.430 e. The zero-order valence-electron chi connectivity index (χ0n) is 10.3. The van der Waals surface area contributed by atoms with Gasteiger partial charge in [-0.25, -0.2) is 4.79 Å². The molecule has 1 rings (SSSR count). The van der Waals surface area contributed by atoms with E-state index in [2.05, 4.69) is 10.1 Å². The SMILES string of the molecule is CCOCCN1CCNC(OC(=O)C(F)(F)F)C1=O. The number of esters is 1. The zero-order valence-corrected chi connectivity index (χ0v) is 10.3. The molecule has 1 amide bonds. The van der Waals surface area contributed by atoms with Crippen molar-refractivity contribution in [3.05, 3.63) is 0 Å². The monoisotopic (exact) mass is 284 g/mol. The molecule has 1 fully saturated rings. The van der Waals surface area contributed by atoms with E-state index in [9.17, 15) is 22.8 Å². The van der Waals surface area contributed by atoms with Crippen molar-refractivity contribution in [2.45, 2.75) is 19.3 Å². The summed E-state index contributed by atoms with van der Waals surface area (Å²) in [5.41, 5.74) is 0. The number of hydrogen-bond acceptors (Lipinski definition) is 5. The van der Waals surface area contributed by atoms with Crippen LogP contribution in [0.5, 0.6) is 0 Å². The minimum atomic E-state index is -5.12. The van der Waals surface area contributed by atoms with Crippen LogP contribution in [0.2, 0.25) is 0 Å². The maximum atomic E-state index is 12.0. The van der Waals surface area contributed by atoms with Crippen LogP contribution in [0.1, 0.15) is 6.92 Å². The summed E-state index contributed by atoms with van der Waals surface area (Å²) in [6.45, 7) is 3.36. The van der Waals surface area contributed by atoms with E-state index in [4.69, 9.17) is 4.74 Å². The van der Waals surface area contributed by atoms with Crippen LogP contribution in [-0.4, -0.2) is 62.0 Å². The fraction of sp³-hybridized carbons (Fsp3) is 0.800. The van der Waals surface area contributed by atoms with E-state index in [-0.39, 0.29) is 19.7 Å². The van der Waals surface area contributed by atoms with Gasteiger partial charge in [0.05, 0.1) is 6.61 Å². The van der Waals surface area contributed by atoms with Crippen molar-refractivity contribution in [1.29, 1.82) is 0 Å². The molecule has 1 heterocycles.